The molecule has 0 bridgehead atoms. The van der Waals surface area contributed by atoms with E-state index in [2.05, 4.69) is 10.2 Å². The van der Waals surface area contributed by atoms with Crippen LogP contribution in [0.2, 0.25) is 5.02 Å². The number of halogens is 2. The molecule has 0 saturated carbocycles. The first kappa shape index (κ1) is 18.9. The number of carbonyl (C=O) groups excluding carboxylic acids is 1. The lowest BCUT2D eigenvalue weighted by Gasteiger charge is -2.32. The Bertz CT molecular complexity index is 623. The van der Waals surface area contributed by atoms with Crippen molar-refractivity contribution in [3.8, 4) is 0 Å². The van der Waals surface area contributed by atoms with E-state index < -0.39 is 4.92 Å². The van der Waals surface area contributed by atoms with E-state index in [9.17, 15) is 14.9 Å². The first-order valence-electron chi connectivity index (χ1n) is 7.74. The molecule has 2 heterocycles. The van der Waals surface area contributed by atoms with Gasteiger partial charge in [-0.3, -0.25) is 19.8 Å². The molecule has 1 aromatic rings. The van der Waals surface area contributed by atoms with Crippen LogP contribution in [0.4, 0.5) is 5.69 Å². The van der Waals surface area contributed by atoms with Crippen LogP contribution in [0, 0.1) is 10.1 Å². The lowest BCUT2D eigenvalue weighted by Crippen LogP contribution is -2.49. The van der Waals surface area contributed by atoms with Crippen molar-refractivity contribution < 1.29 is 9.72 Å². The number of nitrogens with zero attached hydrogens (tertiary/aromatic N) is 3. The zero-order valence-corrected chi connectivity index (χ0v) is 14.7. The predicted molar refractivity (Wildman–Crippen MR) is 94.1 cm³/mol. The highest BCUT2D eigenvalue weighted by atomic mass is 35.5. The maximum atomic E-state index is 12.7. The van der Waals surface area contributed by atoms with Gasteiger partial charge in [0.25, 0.3) is 11.6 Å². The summed E-state index contributed by atoms with van der Waals surface area (Å²) in [6.07, 6.45) is 0.910. The Morgan fingerprint density at radius 3 is 2.67 bits per heavy atom. The van der Waals surface area contributed by atoms with Crippen LogP contribution in [0.3, 0.4) is 0 Å². The molecule has 132 valence electrons. The molecule has 3 rings (SSSR count). The van der Waals surface area contributed by atoms with Crippen molar-refractivity contribution >= 4 is 35.6 Å². The van der Waals surface area contributed by atoms with E-state index in [1.165, 1.54) is 18.2 Å². The van der Waals surface area contributed by atoms with Gasteiger partial charge in [0, 0.05) is 56.4 Å². The number of nitrogens with one attached hydrogen (secondary N) is 1. The standard InChI is InChI=1S/C15H19ClN4O3.ClH/c16-11-1-2-13(14(9-11)20(22)23)15(21)19-6-3-12(10-19)18-7-4-17-5-8-18;/h1-2,9,12,17H,3-8,10H2;1H. The molecule has 1 N–H and O–H groups in total. The molecule has 0 aromatic heterocycles. The quantitative estimate of drug-likeness (QED) is 0.644. The third kappa shape index (κ3) is 3.97. The number of carbonyl (C=O) groups is 1. The summed E-state index contributed by atoms with van der Waals surface area (Å²) in [5.41, 5.74) is -0.117. The molecule has 0 radical (unpaired) electrons. The fourth-order valence-electron chi connectivity index (χ4n) is 3.28. The molecule has 2 saturated heterocycles. The Morgan fingerprint density at radius 1 is 1.29 bits per heavy atom. The van der Waals surface area contributed by atoms with Gasteiger partial charge >= 0.3 is 0 Å². The Kier molecular flexibility index (Phi) is 6.40. The minimum absolute atomic E-state index is 0. The van der Waals surface area contributed by atoms with E-state index in [-0.39, 0.29) is 34.6 Å². The van der Waals surface area contributed by atoms with Gasteiger partial charge in [-0.05, 0) is 18.6 Å². The van der Waals surface area contributed by atoms with Crippen LogP contribution in [0.15, 0.2) is 18.2 Å². The number of hydrogen-bond acceptors (Lipinski definition) is 5. The zero-order chi connectivity index (χ0) is 16.4. The molecule has 1 amide bonds. The molecule has 9 heteroatoms. The van der Waals surface area contributed by atoms with Crippen LogP contribution in [0.25, 0.3) is 0 Å². The average Bonchev–Trinajstić information content (AvgIpc) is 3.05. The summed E-state index contributed by atoms with van der Waals surface area (Å²) in [4.78, 5) is 27.4. The Balaban J connectivity index is 0.00000208. The molecule has 24 heavy (non-hydrogen) atoms. The van der Waals surface area contributed by atoms with Crippen LogP contribution in [-0.2, 0) is 0 Å². The Labute approximate surface area is 151 Å². The van der Waals surface area contributed by atoms with Crippen molar-refractivity contribution in [2.75, 3.05) is 39.3 Å². The zero-order valence-electron chi connectivity index (χ0n) is 13.1. The van der Waals surface area contributed by atoms with Crippen molar-refractivity contribution in [2.45, 2.75) is 12.5 Å². The summed E-state index contributed by atoms with van der Waals surface area (Å²) in [7, 11) is 0. The highest BCUT2D eigenvalue weighted by molar-refractivity contribution is 6.31. The Morgan fingerprint density at radius 2 is 2.00 bits per heavy atom. The SMILES string of the molecule is Cl.O=C(c1ccc(Cl)cc1[N+](=O)[O-])N1CCC(N2CCNCC2)C1. The molecule has 1 unspecified atom stereocenters. The number of piperazine rings is 1. The van der Waals surface area contributed by atoms with Crippen molar-refractivity contribution in [1.29, 1.82) is 0 Å². The first-order chi connectivity index (χ1) is 11.1. The molecule has 1 atom stereocenters. The van der Waals surface area contributed by atoms with Crippen LogP contribution in [-0.4, -0.2) is 65.9 Å². The summed E-state index contributed by atoms with van der Waals surface area (Å²) in [6.45, 7) is 5.15. The summed E-state index contributed by atoms with van der Waals surface area (Å²) >= 11 is 5.81. The summed E-state index contributed by atoms with van der Waals surface area (Å²) in [6, 6.07) is 4.54. The molecule has 0 aliphatic carbocycles. The number of rotatable bonds is 3. The van der Waals surface area contributed by atoms with Gasteiger partial charge in [0.1, 0.15) is 5.56 Å². The van der Waals surface area contributed by atoms with E-state index in [0.717, 1.165) is 32.6 Å². The van der Waals surface area contributed by atoms with E-state index in [0.29, 0.717) is 19.1 Å². The number of hydrogen-bond donors (Lipinski definition) is 1. The molecule has 2 aliphatic rings. The fourth-order valence-corrected chi connectivity index (χ4v) is 3.44. The van der Waals surface area contributed by atoms with E-state index in [1.807, 2.05) is 0 Å². The van der Waals surface area contributed by atoms with Gasteiger partial charge in [0.2, 0.25) is 0 Å². The monoisotopic (exact) mass is 374 g/mol. The van der Waals surface area contributed by atoms with Crippen LogP contribution >= 0.6 is 24.0 Å². The highest BCUT2D eigenvalue weighted by Gasteiger charge is 2.33. The van der Waals surface area contributed by atoms with E-state index in [4.69, 9.17) is 11.6 Å². The van der Waals surface area contributed by atoms with E-state index >= 15 is 0 Å². The molecular formula is C15H20Cl2N4O3. The fraction of sp³-hybridized carbons (Fsp3) is 0.533. The van der Waals surface area contributed by atoms with Gasteiger partial charge in [-0.2, -0.15) is 0 Å². The number of amides is 1. The molecule has 2 aliphatic heterocycles. The van der Waals surface area contributed by atoms with Gasteiger partial charge < -0.3 is 10.2 Å². The van der Waals surface area contributed by atoms with Crippen LogP contribution in [0.1, 0.15) is 16.8 Å². The van der Waals surface area contributed by atoms with Gasteiger partial charge in [0.15, 0.2) is 0 Å². The number of benzene rings is 1. The van der Waals surface area contributed by atoms with Crippen molar-refractivity contribution in [3.63, 3.8) is 0 Å². The average molecular weight is 375 g/mol. The first-order valence-corrected chi connectivity index (χ1v) is 8.12. The van der Waals surface area contributed by atoms with Crippen molar-refractivity contribution in [3.05, 3.63) is 38.9 Å². The van der Waals surface area contributed by atoms with Crippen molar-refractivity contribution in [2.24, 2.45) is 0 Å². The minimum Gasteiger partial charge on any atom is -0.337 e. The third-order valence-electron chi connectivity index (χ3n) is 4.51. The molecular weight excluding hydrogens is 355 g/mol. The second-order valence-electron chi connectivity index (χ2n) is 5.90. The number of likely N-dealkylation sites (tertiary alicyclic amines) is 1. The Hall–Kier alpha value is -1.41. The summed E-state index contributed by atoms with van der Waals surface area (Å²) in [5, 5.41) is 14.7. The predicted octanol–water partition coefficient (Wildman–Crippen LogP) is 1.79. The lowest BCUT2D eigenvalue weighted by atomic mass is 10.1. The maximum absolute atomic E-state index is 12.7. The van der Waals surface area contributed by atoms with Crippen LogP contribution in [0.5, 0.6) is 0 Å². The smallest absolute Gasteiger partial charge is 0.283 e. The minimum atomic E-state index is -0.553. The molecule has 2 fully saturated rings. The number of nitro benzene ring substituents is 1. The maximum Gasteiger partial charge on any atom is 0.283 e. The highest BCUT2D eigenvalue weighted by Crippen LogP contribution is 2.26. The van der Waals surface area contributed by atoms with Gasteiger partial charge in [-0.25, -0.2) is 0 Å². The second-order valence-corrected chi connectivity index (χ2v) is 6.33. The largest absolute Gasteiger partial charge is 0.337 e. The van der Waals surface area contributed by atoms with Crippen molar-refractivity contribution in [1.82, 2.24) is 15.1 Å². The summed E-state index contributed by atoms with van der Waals surface area (Å²) in [5.74, 6) is -0.286. The normalized spacial score (nSPS) is 21.4. The van der Waals surface area contributed by atoms with Gasteiger partial charge in [-0.1, -0.05) is 11.6 Å². The molecule has 1 aromatic carbocycles. The van der Waals surface area contributed by atoms with Gasteiger partial charge in [-0.15, -0.1) is 12.4 Å². The second kappa shape index (κ2) is 8.11. The molecule has 7 nitrogen and oxygen atoms in total. The van der Waals surface area contributed by atoms with Crippen LogP contribution < -0.4 is 5.32 Å². The number of nitro groups is 1. The summed E-state index contributed by atoms with van der Waals surface area (Å²) < 4.78 is 0. The molecule has 0 spiro atoms. The van der Waals surface area contributed by atoms with Gasteiger partial charge in [0.05, 0.1) is 4.92 Å². The lowest BCUT2D eigenvalue weighted by molar-refractivity contribution is -0.385. The third-order valence-corrected chi connectivity index (χ3v) is 4.74. The topological polar surface area (TPSA) is 78.7 Å². The van der Waals surface area contributed by atoms with E-state index in [1.54, 1.807) is 4.90 Å².